The fourth-order valence-electron chi connectivity index (χ4n) is 3.75. The minimum absolute atomic E-state index is 0.0984. The summed E-state index contributed by atoms with van der Waals surface area (Å²) in [6, 6.07) is 14.5. The van der Waals surface area contributed by atoms with Gasteiger partial charge in [0.15, 0.2) is 5.78 Å². The van der Waals surface area contributed by atoms with E-state index < -0.39 is 0 Å². The van der Waals surface area contributed by atoms with Crippen LogP contribution in [0.1, 0.15) is 102 Å². The van der Waals surface area contributed by atoms with E-state index in [-0.39, 0.29) is 5.78 Å². The lowest BCUT2D eigenvalue weighted by Crippen LogP contribution is -2.08. The number of hydrogen-bond acceptors (Lipinski definition) is 1. The van der Waals surface area contributed by atoms with Crippen molar-refractivity contribution >= 4 is 27.3 Å². The minimum Gasteiger partial charge on any atom is -0.295 e. The molecule has 0 aromatic heterocycles. The first-order chi connectivity index (χ1) is 14.5. The second-order valence-electron chi connectivity index (χ2n) is 9.50. The third kappa shape index (κ3) is 9.56. The second kappa shape index (κ2) is 13.0. The molecule has 0 aliphatic carbocycles. The van der Waals surface area contributed by atoms with Crippen LogP contribution in [0.5, 0.6) is 0 Å². The molecular formula is C29H41BrO. The Labute approximate surface area is 199 Å². The van der Waals surface area contributed by atoms with E-state index in [1.807, 2.05) is 18.2 Å². The van der Waals surface area contributed by atoms with Crippen molar-refractivity contribution in [2.75, 3.05) is 0 Å². The Morgan fingerprint density at radius 3 is 1.97 bits per heavy atom. The fraction of sp³-hybridized carbons (Fsp3) is 0.483. The monoisotopic (exact) mass is 484 g/mol. The molecule has 0 bridgehead atoms. The normalized spacial score (nSPS) is 12.0. The molecule has 0 unspecified atom stereocenters. The summed E-state index contributed by atoms with van der Waals surface area (Å²) in [4.78, 5) is 10.8. The molecule has 170 valence electrons. The fourth-order valence-corrected chi connectivity index (χ4v) is 4.15. The van der Waals surface area contributed by atoms with E-state index in [1.165, 1.54) is 29.5 Å². The van der Waals surface area contributed by atoms with Gasteiger partial charge in [-0.15, -0.1) is 0 Å². The molecule has 0 spiro atoms. The number of hydrogen-bond donors (Lipinski definition) is 0. The van der Waals surface area contributed by atoms with Gasteiger partial charge in [0.2, 0.25) is 0 Å². The van der Waals surface area contributed by atoms with Crippen molar-refractivity contribution in [3.05, 3.63) is 74.8 Å². The van der Waals surface area contributed by atoms with Crippen molar-refractivity contribution in [3.63, 3.8) is 0 Å². The Morgan fingerprint density at radius 1 is 0.871 bits per heavy atom. The summed E-state index contributed by atoms with van der Waals surface area (Å²) in [5.41, 5.74) is 8.69. The Hall–Kier alpha value is -1.67. The number of carbonyl (C=O) groups is 1. The predicted octanol–water partition coefficient (Wildman–Crippen LogP) is 9.47. The molecule has 0 radical (unpaired) electrons. The topological polar surface area (TPSA) is 17.1 Å². The molecule has 0 aliphatic rings. The zero-order valence-electron chi connectivity index (χ0n) is 20.9. The van der Waals surface area contributed by atoms with Crippen molar-refractivity contribution in [3.8, 4) is 0 Å². The van der Waals surface area contributed by atoms with E-state index in [2.05, 4.69) is 82.6 Å². The molecule has 2 aromatic carbocycles. The molecule has 0 amide bonds. The highest BCUT2D eigenvalue weighted by atomic mass is 79.9. The highest BCUT2D eigenvalue weighted by molar-refractivity contribution is 9.10. The van der Waals surface area contributed by atoms with E-state index >= 15 is 0 Å². The van der Waals surface area contributed by atoms with Gasteiger partial charge in [-0.3, -0.25) is 4.79 Å². The Kier molecular flexibility index (Phi) is 11.5. The summed E-state index contributed by atoms with van der Waals surface area (Å²) in [6.45, 7) is 17.7. The van der Waals surface area contributed by atoms with Crippen LogP contribution in [0.4, 0.5) is 0 Å². The lowest BCUT2D eigenvalue weighted by Gasteiger charge is -2.24. The van der Waals surface area contributed by atoms with E-state index in [1.54, 1.807) is 24.1 Å². The van der Waals surface area contributed by atoms with E-state index in [0.29, 0.717) is 5.41 Å². The van der Waals surface area contributed by atoms with Gasteiger partial charge in [-0.25, -0.2) is 0 Å². The number of allylic oxidation sites excluding steroid dienone is 2. The molecule has 1 nitrogen and oxygen atoms in total. The van der Waals surface area contributed by atoms with Gasteiger partial charge in [0.1, 0.15) is 0 Å². The number of aryl methyl sites for hydroxylation is 2. The molecule has 0 aliphatic heterocycles. The van der Waals surface area contributed by atoms with Gasteiger partial charge in [-0.2, -0.15) is 0 Å². The van der Waals surface area contributed by atoms with E-state index in [0.717, 1.165) is 29.3 Å². The first-order valence-corrected chi connectivity index (χ1v) is 12.4. The number of halogens is 1. The molecule has 0 heterocycles. The summed E-state index contributed by atoms with van der Waals surface area (Å²) in [6.07, 6.45) is 5.87. The first-order valence-electron chi connectivity index (χ1n) is 11.6. The smallest absolute Gasteiger partial charge is 0.159 e. The van der Waals surface area contributed by atoms with Crippen LogP contribution in [-0.4, -0.2) is 5.78 Å². The van der Waals surface area contributed by atoms with Gasteiger partial charge in [0.05, 0.1) is 0 Å². The van der Waals surface area contributed by atoms with Crippen molar-refractivity contribution < 1.29 is 4.79 Å². The molecule has 31 heavy (non-hydrogen) atoms. The SMILES string of the molecule is CC(=O)c1cccc(Br)c1.CCC/C(C)=C(/CC(C)(C)C)c1ccc(CC)c(CC)c1. The zero-order chi connectivity index (χ0) is 23.6. The van der Waals surface area contributed by atoms with Gasteiger partial charge >= 0.3 is 0 Å². The highest BCUT2D eigenvalue weighted by Gasteiger charge is 2.17. The lowest BCUT2D eigenvalue weighted by atomic mass is 9.82. The average Bonchev–Trinajstić information content (AvgIpc) is 2.71. The molecule has 0 atom stereocenters. The maximum absolute atomic E-state index is 10.8. The molecular weight excluding hydrogens is 444 g/mol. The summed E-state index contributed by atoms with van der Waals surface area (Å²) < 4.78 is 0.945. The largest absolute Gasteiger partial charge is 0.295 e. The van der Waals surface area contributed by atoms with Gasteiger partial charge in [0, 0.05) is 10.0 Å². The molecule has 2 rings (SSSR count). The van der Waals surface area contributed by atoms with Gasteiger partial charge in [-0.05, 0) is 79.3 Å². The van der Waals surface area contributed by atoms with Crippen molar-refractivity contribution in [2.45, 2.75) is 87.5 Å². The average molecular weight is 486 g/mol. The summed E-state index contributed by atoms with van der Waals surface area (Å²) in [5, 5.41) is 0. The molecule has 2 heteroatoms. The third-order valence-electron chi connectivity index (χ3n) is 5.39. The minimum atomic E-state index is 0.0984. The van der Waals surface area contributed by atoms with Crippen LogP contribution in [0.3, 0.4) is 0 Å². The Bertz CT molecular complexity index is 884. The van der Waals surface area contributed by atoms with Crippen LogP contribution in [0, 0.1) is 5.41 Å². The molecule has 0 saturated heterocycles. The molecule has 0 N–H and O–H groups in total. The van der Waals surface area contributed by atoms with Crippen LogP contribution in [0.15, 0.2) is 52.5 Å². The van der Waals surface area contributed by atoms with Crippen LogP contribution >= 0.6 is 15.9 Å². The molecule has 0 saturated carbocycles. The third-order valence-corrected chi connectivity index (χ3v) is 5.89. The number of rotatable bonds is 7. The van der Waals surface area contributed by atoms with Crippen molar-refractivity contribution in [2.24, 2.45) is 5.41 Å². The number of benzene rings is 2. The molecule has 2 aromatic rings. The number of Topliss-reactive ketones (excluding diaryl/α,β-unsaturated/α-hetero) is 1. The first kappa shape index (κ1) is 27.4. The van der Waals surface area contributed by atoms with Crippen LogP contribution < -0.4 is 0 Å². The Balaban J connectivity index is 0.000000399. The number of carbonyl (C=O) groups excluding carboxylic acids is 1. The van der Waals surface area contributed by atoms with Crippen LogP contribution in [0.25, 0.3) is 5.57 Å². The maximum Gasteiger partial charge on any atom is 0.159 e. The van der Waals surface area contributed by atoms with E-state index in [4.69, 9.17) is 0 Å². The van der Waals surface area contributed by atoms with Crippen molar-refractivity contribution in [1.29, 1.82) is 0 Å². The standard InChI is InChI=1S/C21H34.C8H7BrO/c1-8-11-16(4)20(15-21(5,6)7)19-13-12-17(9-2)18(10-3)14-19;1-6(10)7-3-2-4-8(9)5-7/h12-14H,8-11,15H2,1-7H3;2-5H,1H3/b20-16-;. The van der Waals surface area contributed by atoms with Gasteiger partial charge in [0.25, 0.3) is 0 Å². The maximum atomic E-state index is 10.8. The predicted molar refractivity (Wildman–Crippen MR) is 141 cm³/mol. The number of ketones is 1. The highest BCUT2D eigenvalue weighted by Crippen LogP contribution is 2.34. The van der Waals surface area contributed by atoms with Crippen LogP contribution in [0.2, 0.25) is 0 Å². The van der Waals surface area contributed by atoms with Crippen LogP contribution in [-0.2, 0) is 12.8 Å². The Morgan fingerprint density at radius 2 is 1.52 bits per heavy atom. The summed E-state index contributed by atoms with van der Waals surface area (Å²) in [5.74, 6) is 0.0984. The summed E-state index contributed by atoms with van der Waals surface area (Å²) in [7, 11) is 0. The van der Waals surface area contributed by atoms with E-state index in [9.17, 15) is 4.79 Å². The lowest BCUT2D eigenvalue weighted by molar-refractivity contribution is 0.101. The van der Waals surface area contributed by atoms with Gasteiger partial charge in [-0.1, -0.05) is 99.8 Å². The summed E-state index contributed by atoms with van der Waals surface area (Å²) >= 11 is 3.28. The zero-order valence-corrected chi connectivity index (χ0v) is 22.4. The van der Waals surface area contributed by atoms with Crippen molar-refractivity contribution in [1.82, 2.24) is 0 Å². The second-order valence-corrected chi connectivity index (χ2v) is 10.4. The quantitative estimate of drug-likeness (QED) is 0.357. The molecule has 0 fully saturated rings. The van der Waals surface area contributed by atoms with Gasteiger partial charge < -0.3 is 0 Å².